The summed E-state index contributed by atoms with van der Waals surface area (Å²) in [5, 5.41) is 10.2. The smallest absolute Gasteiger partial charge is 0.161 e. The molecule has 4 nitrogen and oxygen atoms in total. The van der Waals surface area contributed by atoms with Crippen LogP contribution in [0.15, 0.2) is 48.8 Å². The molecule has 5 heteroatoms. The fraction of sp³-hybridized carbons (Fsp3) is 0.0714. The first kappa shape index (κ1) is 11.9. The molecule has 1 N–H and O–H groups in total. The Kier molecular flexibility index (Phi) is 3.01. The molecule has 0 radical (unpaired) electrons. The molecule has 0 saturated heterocycles. The number of aromatic nitrogens is 2. The van der Waals surface area contributed by atoms with E-state index in [4.69, 9.17) is 16.3 Å². The van der Waals surface area contributed by atoms with Gasteiger partial charge in [-0.05, 0) is 24.3 Å². The number of pyridine rings is 1. The summed E-state index contributed by atoms with van der Waals surface area (Å²) < 4.78 is 7.44. The maximum absolute atomic E-state index is 9.63. The van der Waals surface area contributed by atoms with Crippen molar-refractivity contribution < 1.29 is 9.84 Å². The fourth-order valence-electron chi connectivity index (χ4n) is 1.86. The minimum absolute atomic E-state index is 0.120. The molecule has 0 atom stereocenters. The molecule has 3 aromatic rings. The van der Waals surface area contributed by atoms with E-state index in [1.807, 2.05) is 16.7 Å². The quantitative estimate of drug-likeness (QED) is 0.797. The monoisotopic (exact) mass is 274 g/mol. The van der Waals surface area contributed by atoms with E-state index in [0.29, 0.717) is 23.0 Å². The Labute approximate surface area is 114 Å². The molecule has 0 unspecified atom stereocenters. The van der Waals surface area contributed by atoms with Crippen LogP contribution in [-0.4, -0.2) is 14.5 Å². The van der Waals surface area contributed by atoms with Gasteiger partial charge in [0.15, 0.2) is 17.1 Å². The molecule has 2 heterocycles. The number of hydrogen-bond donors (Lipinski definition) is 1. The standard InChI is InChI=1S/C14H11ClN2O2/c15-11-4-3-7-17-10(8-16-14(11)17)9-19-13-6-2-1-5-12(13)18/h1-8,18H,9H2. The molecule has 3 rings (SSSR count). The van der Waals surface area contributed by atoms with Crippen LogP contribution in [0.1, 0.15) is 5.69 Å². The second-order valence-electron chi connectivity index (χ2n) is 4.06. The van der Waals surface area contributed by atoms with Crippen molar-refractivity contribution in [2.75, 3.05) is 0 Å². The molecule has 0 aliphatic rings. The molecular formula is C14H11ClN2O2. The third kappa shape index (κ3) is 2.22. The zero-order chi connectivity index (χ0) is 13.2. The van der Waals surface area contributed by atoms with Crippen molar-refractivity contribution in [1.29, 1.82) is 0 Å². The predicted octanol–water partition coefficient (Wildman–Crippen LogP) is 3.27. The molecule has 0 amide bonds. The van der Waals surface area contributed by atoms with Crippen LogP contribution in [0.25, 0.3) is 5.65 Å². The van der Waals surface area contributed by atoms with E-state index in [0.717, 1.165) is 5.69 Å². The van der Waals surface area contributed by atoms with Gasteiger partial charge in [0.1, 0.15) is 6.61 Å². The van der Waals surface area contributed by atoms with Gasteiger partial charge < -0.3 is 9.84 Å². The second-order valence-corrected chi connectivity index (χ2v) is 4.46. The van der Waals surface area contributed by atoms with Crippen molar-refractivity contribution in [3.05, 3.63) is 59.5 Å². The van der Waals surface area contributed by atoms with Gasteiger partial charge in [-0.3, -0.25) is 4.40 Å². The zero-order valence-electron chi connectivity index (χ0n) is 9.95. The minimum atomic E-state index is 0.120. The molecule has 0 aliphatic carbocycles. The summed E-state index contributed by atoms with van der Waals surface area (Å²) in [6.45, 7) is 0.305. The predicted molar refractivity (Wildman–Crippen MR) is 72.6 cm³/mol. The first-order valence-corrected chi connectivity index (χ1v) is 6.15. The highest BCUT2D eigenvalue weighted by atomic mass is 35.5. The summed E-state index contributed by atoms with van der Waals surface area (Å²) in [5.41, 5.74) is 1.56. The van der Waals surface area contributed by atoms with Gasteiger partial charge in [-0.1, -0.05) is 23.7 Å². The first-order valence-electron chi connectivity index (χ1n) is 5.77. The van der Waals surface area contributed by atoms with Crippen LogP contribution in [0.5, 0.6) is 11.5 Å². The number of imidazole rings is 1. The molecule has 2 aromatic heterocycles. The van der Waals surface area contributed by atoms with Crippen molar-refractivity contribution in [3.63, 3.8) is 0 Å². The summed E-state index contributed by atoms with van der Waals surface area (Å²) in [6.07, 6.45) is 3.58. The largest absolute Gasteiger partial charge is 0.504 e. The van der Waals surface area contributed by atoms with E-state index in [-0.39, 0.29) is 5.75 Å². The maximum atomic E-state index is 9.63. The first-order chi connectivity index (χ1) is 9.25. The Hall–Kier alpha value is -2.20. The number of ether oxygens (including phenoxy) is 1. The lowest BCUT2D eigenvalue weighted by Crippen LogP contribution is -1.99. The molecule has 0 saturated carbocycles. The van der Waals surface area contributed by atoms with Crippen molar-refractivity contribution in [2.45, 2.75) is 6.61 Å². The SMILES string of the molecule is Oc1ccccc1OCc1cnc2c(Cl)cccn12. The highest BCUT2D eigenvalue weighted by Crippen LogP contribution is 2.25. The second kappa shape index (κ2) is 4.82. The lowest BCUT2D eigenvalue weighted by atomic mass is 10.3. The van der Waals surface area contributed by atoms with Crippen LogP contribution >= 0.6 is 11.6 Å². The highest BCUT2D eigenvalue weighted by molar-refractivity contribution is 6.33. The van der Waals surface area contributed by atoms with Gasteiger partial charge >= 0.3 is 0 Å². The maximum Gasteiger partial charge on any atom is 0.161 e. The van der Waals surface area contributed by atoms with Crippen LogP contribution in [-0.2, 0) is 6.61 Å². The number of fused-ring (bicyclic) bond motifs is 1. The normalized spacial score (nSPS) is 10.8. The third-order valence-corrected chi connectivity index (χ3v) is 3.10. The molecule has 0 fully saturated rings. The highest BCUT2D eigenvalue weighted by Gasteiger charge is 2.07. The molecule has 0 aliphatic heterocycles. The average molecular weight is 275 g/mol. The van der Waals surface area contributed by atoms with E-state index in [2.05, 4.69) is 4.98 Å². The summed E-state index contributed by atoms with van der Waals surface area (Å²) in [7, 11) is 0. The third-order valence-electron chi connectivity index (χ3n) is 2.81. The van der Waals surface area contributed by atoms with Gasteiger partial charge in [-0.15, -0.1) is 0 Å². The summed E-state index contributed by atoms with van der Waals surface area (Å²) in [6, 6.07) is 10.5. The number of para-hydroxylation sites is 2. The summed E-state index contributed by atoms with van der Waals surface area (Å²) in [4.78, 5) is 4.24. The number of hydrogen-bond acceptors (Lipinski definition) is 3. The van der Waals surface area contributed by atoms with Crippen molar-refractivity contribution in [1.82, 2.24) is 9.38 Å². The average Bonchev–Trinajstić information content (AvgIpc) is 2.83. The van der Waals surface area contributed by atoms with E-state index in [1.165, 1.54) is 0 Å². The molecule has 96 valence electrons. The molecular weight excluding hydrogens is 264 g/mol. The van der Waals surface area contributed by atoms with Crippen LogP contribution < -0.4 is 4.74 Å². The number of halogens is 1. The number of phenols is 1. The zero-order valence-corrected chi connectivity index (χ0v) is 10.7. The van der Waals surface area contributed by atoms with Crippen LogP contribution in [0.2, 0.25) is 5.02 Å². The topological polar surface area (TPSA) is 46.8 Å². The number of phenolic OH excluding ortho intramolecular Hbond substituents is 1. The molecule has 0 spiro atoms. The van der Waals surface area contributed by atoms with Gasteiger partial charge in [0.2, 0.25) is 0 Å². The number of rotatable bonds is 3. The Morgan fingerprint density at radius 2 is 2.05 bits per heavy atom. The van der Waals surface area contributed by atoms with Crippen molar-refractivity contribution in [3.8, 4) is 11.5 Å². The number of benzene rings is 1. The van der Waals surface area contributed by atoms with Gasteiger partial charge in [0.25, 0.3) is 0 Å². The van der Waals surface area contributed by atoms with Crippen LogP contribution in [0.3, 0.4) is 0 Å². The molecule has 1 aromatic carbocycles. The lowest BCUT2D eigenvalue weighted by Gasteiger charge is -2.07. The van der Waals surface area contributed by atoms with Gasteiger partial charge in [-0.2, -0.15) is 0 Å². The molecule has 19 heavy (non-hydrogen) atoms. The summed E-state index contributed by atoms with van der Waals surface area (Å²) in [5.74, 6) is 0.564. The Morgan fingerprint density at radius 1 is 1.21 bits per heavy atom. The van der Waals surface area contributed by atoms with Gasteiger partial charge in [0, 0.05) is 6.20 Å². The Bertz CT molecular complexity index is 724. The Morgan fingerprint density at radius 3 is 2.89 bits per heavy atom. The van der Waals surface area contributed by atoms with Crippen molar-refractivity contribution in [2.24, 2.45) is 0 Å². The number of nitrogens with zero attached hydrogens (tertiary/aromatic N) is 2. The fourth-order valence-corrected chi connectivity index (χ4v) is 2.08. The number of aromatic hydroxyl groups is 1. The molecule has 0 bridgehead atoms. The van der Waals surface area contributed by atoms with E-state index < -0.39 is 0 Å². The Balaban J connectivity index is 1.87. The van der Waals surface area contributed by atoms with E-state index >= 15 is 0 Å². The van der Waals surface area contributed by atoms with Gasteiger partial charge in [0.05, 0.1) is 16.9 Å². The van der Waals surface area contributed by atoms with Gasteiger partial charge in [-0.25, -0.2) is 4.98 Å². The van der Waals surface area contributed by atoms with E-state index in [9.17, 15) is 5.11 Å². The lowest BCUT2D eigenvalue weighted by molar-refractivity contribution is 0.284. The van der Waals surface area contributed by atoms with Crippen LogP contribution in [0.4, 0.5) is 0 Å². The minimum Gasteiger partial charge on any atom is -0.504 e. The van der Waals surface area contributed by atoms with E-state index in [1.54, 1.807) is 36.5 Å². The van der Waals surface area contributed by atoms with Crippen molar-refractivity contribution >= 4 is 17.2 Å². The van der Waals surface area contributed by atoms with Crippen LogP contribution in [0, 0.1) is 0 Å². The summed E-state index contributed by atoms with van der Waals surface area (Å²) >= 11 is 6.05.